The van der Waals surface area contributed by atoms with E-state index in [1.807, 2.05) is 13.8 Å². The van der Waals surface area contributed by atoms with Crippen LogP contribution in [0.4, 0.5) is 31.5 Å². The van der Waals surface area contributed by atoms with Gasteiger partial charge in [0.05, 0.1) is 29.0 Å². The maximum Gasteiger partial charge on any atom is 0.416 e. The van der Waals surface area contributed by atoms with Gasteiger partial charge >= 0.3 is 12.4 Å². The Kier molecular flexibility index (Phi) is 6.63. The number of amides is 1. The quantitative estimate of drug-likeness (QED) is 0.640. The van der Waals surface area contributed by atoms with E-state index in [-0.39, 0.29) is 23.4 Å². The second kappa shape index (κ2) is 8.75. The number of halogens is 6. The Bertz CT molecular complexity index is 901. The zero-order chi connectivity index (χ0) is 23.0. The molecule has 0 spiro atoms. The van der Waals surface area contributed by atoms with E-state index in [2.05, 4.69) is 15.2 Å². The monoisotopic (exact) mass is 467 g/mol. The summed E-state index contributed by atoms with van der Waals surface area (Å²) in [7, 11) is 0. The minimum Gasteiger partial charge on any atom is -0.373 e. The van der Waals surface area contributed by atoms with Crippen molar-refractivity contribution in [2.45, 2.75) is 45.0 Å². The molecule has 31 heavy (non-hydrogen) atoms. The standard InChI is InChI=1S/C19H19F6N3O2S/c1-10-6-28(7-11(2)30-10)8-15-9-31-17(26-15)27-16(29)12-3-13(18(20,21)22)5-14(4-12)19(23,24)25/h3-5,9-11H,6-8H2,1-2H3,(H,26,27,29). The second-order valence-corrected chi connectivity index (χ2v) is 8.20. The van der Waals surface area contributed by atoms with Crippen molar-refractivity contribution in [2.75, 3.05) is 18.4 Å². The molecule has 5 nitrogen and oxygen atoms in total. The van der Waals surface area contributed by atoms with Gasteiger partial charge in [0.25, 0.3) is 5.91 Å². The van der Waals surface area contributed by atoms with Gasteiger partial charge in [-0.05, 0) is 32.0 Å². The number of nitrogens with one attached hydrogen (secondary N) is 1. The molecule has 2 aromatic rings. The van der Waals surface area contributed by atoms with Crippen molar-refractivity contribution in [1.29, 1.82) is 0 Å². The van der Waals surface area contributed by atoms with Crippen LogP contribution in [0.5, 0.6) is 0 Å². The first kappa shape index (κ1) is 23.5. The number of benzene rings is 1. The van der Waals surface area contributed by atoms with Gasteiger partial charge in [0, 0.05) is 30.6 Å². The molecule has 0 saturated carbocycles. The lowest BCUT2D eigenvalue weighted by Gasteiger charge is -2.34. The van der Waals surface area contributed by atoms with Crippen LogP contribution in [0.3, 0.4) is 0 Å². The van der Waals surface area contributed by atoms with Crippen LogP contribution in [0.15, 0.2) is 23.6 Å². The van der Waals surface area contributed by atoms with Gasteiger partial charge in [-0.3, -0.25) is 15.0 Å². The Balaban J connectivity index is 1.75. The summed E-state index contributed by atoms with van der Waals surface area (Å²) in [5, 5.41) is 4.04. The Labute approximate surface area is 178 Å². The van der Waals surface area contributed by atoms with E-state index in [1.54, 1.807) is 5.38 Å². The summed E-state index contributed by atoms with van der Waals surface area (Å²) < 4.78 is 83.6. The Morgan fingerprint density at radius 1 is 1.10 bits per heavy atom. The molecule has 3 rings (SSSR count). The molecule has 1 saturated heterocycles. The minimum absolute atomic E-state index is 0.0252. The van der Waals surface area contributed by atoms with Crippen LogP contribution in [-0.4, -0.2) is 41.1 Å². The van der Waals surface area contributed by atoms with E-state index in [0.717, 1.165) is 11.3 Å². The van der Waals surface area contributed by atoms with Gasteiger partial charge in [0.2, 0.25) is 0 Å². The third kappa shape index (κ3) is 6.17. The van der Waals surface area contributed by atoms with Crippen molar-refractivity contribution in [3.63, 3.8) is 0 Å². The predicted octanol–water partition coefficient (Wildman–Crippen LogP) is 5.04. The first-order chi connectivity index (χ1) is 14.3. The molecule has 1 N–H and O–H groups in total. The molecule has 2 heterocycles. The molecular formula is C19H19F6N3O2S. The van der Waals surface area contributed by atoms with Crippen molar-refractivity contribution in [2.24, 2.45) is 0 Å². The molecule has 0 radical (unpaired) electrons. The number of carbonyl (C=O) groups excluding carboxylic acids is 1. The number of aromatic nitrogens is 1. The molecule has 0 bridgehead atoms. The maximum atomic E-state index is 13.0. The average Bonchev–Trinajstić information content (AvgIpc) is 3.05. The average molecular weight is 467 g/mol. The molecule has 170 valence electrons. The fourth-order valence-corrected chi connectivity index (χ4v) is 4.03. The second-order valence-electron chi connectivity index (χ2n) is 7.34. The van der Waals surface area contributed by atoms with Gasteiger partial charge in [-0.25, -0.2) is 4.98 Å². The number of morpholine rings is 1. The SMILES string of the molecule is CC1CN(Cc2csc(NC(=O)c3cc(C(F)(F)F)cc(C(F)(F)F)c3)n2)CC(C)O1. The molecule has 1 aromatic heterocycles. The number of hydrogen-bond donors (Lipinski definition) is 1. The number of alkyl halides is 6. The number of rotatable bonds is 4. The highest BCUT2D eigenvalue weighted by molar-refractivity contribution is 7.13. The highest BCUT2D eigenvalue weighted by Gasteiger charge is 2.37. The van der Waals surface area contributed by atoms with Crippen LogP contribution in [-0.2, 0) is 23.6 Å². The number of nitrogens with zero attached hydrogens (tertiary/aromatic N) is 2. The molecule has 0 aliphatic carbocycles. The van der Waals surface area contributed by atoms with Crippen LogP contribution >= 0.6 is 11.3 Å². The van der Waals surface area contributed by atoms with E-state index < -0.39 is 35.0 Å². The summed E-state index contributed by atoms with van der Waals surface area (Å²) in [6, 6.07) is 0.744. The van der Waals surface area contributed by atoms with Gasteiger partial charge in [0.15, 0.2) is 5.13 Å². The lowest BCUT2D eigenvalue weighted by molar-refractivity contribution is -0.143. The van der Waals surface area contributed by atoms with Crippen LogP contribution < -0.4 is 5.32 Å². The molecule has 1 aliphatic heterocycles. The maximum absolute atomic E-state index is 13.0. The summed E-state index contributed by atoms with van der Waals surface area (Å²) in [4.78, 5) is 18.7. The van der Waals surface area contributed by atoms with E-state index in [1.165, 1.54) is 0 Å². The van der Waals surface area contributed by atoms with Crippen LogP contribution in [0, 0.1) is 0 Å². The summed E-state index contributed by atoms with van der Waals surface area (Å²) >= 11 is 1.04. The molecule has 1 aromatic carbocycles. The zero-order valence-corrected chi connectivity index (χ0v) is 17.3. The highest BCUT2D eigenvalue weighted by atomic mass is 32.1. The van der Waals surface area contributed by atoms with Gasteiger partial charge in [-0.15, -0.1) is 11.3 Å². The van der Waals surface area contributed by atoms with Crippen molar-refractivity contribution in [1.82, 2.24) is 9.88 Å². The highest BCUT2D eigenvalue weighted by Crippen LogP contribution is 2.36. The topological polar surface area (TPSA) is 54.5 Å². The fourth-order valence-electron chi connectivity index (χ4n) is 3.33. The van der Waals surface area contributed by atoms with Crippen molar-refractivity contribution >= 4 is 22.4 Å². The molecule has 1 amide bonds. The molecule has 2 atom stereocenters. The van der Waals surface area contributed by atoms with Crippen molar-refractivity contribution < 1.29 is 35.9 Å². The molecular weight excluding hydrogens is 448 g/mol. The van der Waals surface area contributed by atoms with E-state index in [4.69, 9.17) is 4.74 Å². The van der Waals surface area contributed by atoms with Gasteiger partial charge < -0.3 is 4.74 Å². The fraction of sp³-hybridized carbons (Fsp3) is 0.474. The summed E-state index contributed by atoms with van der Waals surface area (Å²) in [6.45, 7) is 5.74. The first-order valence-electron chi connectivity index (χ1n) is 9.24. The number of carbonyl (C=O) groups is 1. The van der Waals surface area contributed by atoms with E-state index in [9.17, 15) is 31.1 Å². The smallest absolute Gasteiger partial charge is 0.373 e. The number of thiazole rings is 1. The Morgan fingerprint density at radius 3 is 2.16 bits per heavy atom. The molecule has 12 heteroatoms. The third-order valence-electron chi connectivity index (χ3n) is 4.50. The Morgan fingerprint density at radius 2 is 1.65 bits per heavy atom. The van der Waals surface area contributed by atoms with Crippen molar-refractivity contribution in [3.8, 4) is 0 Å². The number of hydrogen-bond acceptors (Lipinski definition) is 5. The van der Waals surface area contributed by atoms with E-state index >= 15 is 0 Å². The largest absolute Gasteiger partial charge is 0.416 e. The number of anilines is 1. The molecule has 1 fully saturated rings. The van der Waals surface area contributed by atoms with Gasteiger partial charge in [-0.2, -0.15) is 26.3 Å². The molecule has 1 aliphatic rings. The van der Waals surface area contributed by atoms with Crippen LogP contribution in [0.1, 0.15) is 41.0 Å². The summed E-state index contributed by atoms with van der Waals surface area (Å²) in [5.74, 6) is -1.11. The predicted molar refractivity (Wildman–Crippen MR) is 102 cm³/mol. The first-order valence-corrected chi connectivity index (χ1v) is 10.1. The minimum atomic E-state index is -5.03. The Hall–Kier alpha value is -2.18. The lowest BCUT2D eigenvalue weighted by Crippen LogP contribution is -2.44. The normalized spacial score (nSPS) is 20.6. The van der Waals surface area contributed by atoms with Crippen LogP contribution in [0.25, 0.3) is 0 Å². The summed E-state index contributed by atoms with van der Waals surface area (Å²) in [5.41, 5.74) is -3.23. The number of ether oxygens (including phenoxy) is 1. The zero-order valence-electron chi connectivity index (χ0n) is 16.5. The van der Waals surface area contributed by atoms with Crippen LogP contribution in [0.2, 0.25) is 0 Å². The van der Waals surface area contributed by atoms with Crippen molar-refractivity contribution in [3.05, 3.63) is 46.0 Å². The van der Waals surface area contributed by atoms with E-state index in [0.29, 0.717) is 37.5 Å². The van der Waals surface area contributed by atoms with Gasteiger partial charge in [-0.1, -0.05) is 0 Å². The summed E-state index contributed by atoms with van der Waals surface area (Å²) in [6.07, 6.45) is -9.97. The lowest BCUT2D eigenvalue weighted by atomic mass is 10.0. The third-order valence-corrected chi connectivity index (χ3v) is 5.31. The van der Waals surface area contributed by atoms with Gasteiger partial charge in [0.1, 0.15) is 0 Å². The molecule has 2 unspecified atom stereocenters.